The van der Waals surface area contributed by atoms with E-state index >= 15 is 0 Å². The molecule has 1 fully saturated rings. The van der Waals surface area contributed by atoms with Gasteiger partial charge in [0.25, 0.3) is 0 Å². The van der Waals surface area contributed by atoms with E-state index < -0.39 is 0 Å². The predicted octanol–water partition coefficient (Wildman–Crippen LogP) is 0.684. The first kappa shape index (κ1) is 13.1. The molecule has 0 spiro atoms. The number of ether oxygens (including phenoxy) is 1. The van der Waals surface area contributed by atoms with Crippen LogP contribution in [0.25, 0.3) is 0 Å². The first-order valence-corrected chi connectivity index (χ1v) is 4.22. The van der Waals surface area contributed by atoms with Gasteiger partial charge in [-0.1, -0.05) is 20.2 Å². The number of hydrogen-bond acceptors (Lipinski definition) is 2. The van der Waals surface area contributed by atoms with Crippen LogP contribution in [0, 0.1) is 12.3 Å². The van der Waals surface area contributed by atoms with Crippen molar-refractivity contribution in [2.24, 2.45) is 5.92 Å². The molecule has 1 aliphatic heterocycles. The van der Waals surface area contributed by atoms with Gasteiger partial charge in [0.15, 0.2) is 0 Å². The second-order valence-electron chi connectivity index (χ2n) is 3.02. The molecule has 3 unspecified atom stereocenters. The van der Waals surface area contributed by atoms with Crippen molar-refractivity contribution < 1.29 is 42.6 Å². The molecule has 1 aliphatic rings. The predicted molar refractivity (Wildman–Crippen MR) is 45.4 cm³/mol. The normalized spacial score (nSPS) is 34.4. The summed E-state index contributed by atoms with van der Waals surface area (Å²) < 4.78 is 5.50. The van der Waals surface area contributed by atoms with E-state index in [4.69, 9.17) is 9.84 Å². The molecule has 0 bridgehead atoms. The Kier molecular flexibility index (Phi) is 7.12. The summed E-state index contributed by atoms with van der Waals surface area (Å²) in [4.78, 5) is 0. The van der Waals surface area contributed by atoms with Gasteiger partial charge in [-0.3, -0.25) is 6.42 Å². The zero-order valence-corrected chi connectivity index (χ0v) is 10.6. The smallest absolute Gasteiger partial charge is 0.145 e. The molecular weight excluding hydrogens is 228 g/mol. The Hall–Kier alpha value is 1.09. The van der Waals surface area contributed by atoms with Crippen molar-refractivity contribution in [3.8, 4) is 0 Å². The van der Waals surface area contributed by atoms with Crippen molar-refractivity contribution >= 4 is 7.28 Å². The Morgan fingerprint density at radius 1 is 1.58 bits per heavy atom. The van der Waals surface area contributed by atoms with E-state index in [9.17, 15) is 0 Å². The molecule has 0 aromatic heterocycles. The minimum absolute atomic E-state index is 0. The van der Waals surface area contributed by atoms with Crippen molar-refractivity contribution in [1.82, 2.24) is 0 Å². The maximum absolute atomic E-state index is 8.80. The average Bonchev–Trinajstić information content (AvgIpc) is 2.33. The Labute approximate surface area is 101 Å². The van der Waals surface area contributed by atoms with E-state index in [1.807, 2.05) is 0 Å². The molecule has 12 heavy (non-hydrogen) atoms. The molecule has 0 aliphatic carbocycles. The van der Waals surface area contributed by atoms with Crippen molar-refractivity contribution in [3.05, 3.63) is 6.42 Å². The van der Waals surface area contributed by atoms with E-state index in [0.717, 1.165) is 6.32 Å². The maximum Gasteiger partial charge on any atom is 0.145 e. The molecule has 3 atom stereocenters. The van der Waals surface area contributed by atoms with Crippen LogP contribution in [0.4, 0.5) is 0 Å². The van der Waals surface area contributed by atoms with Gasteiger partial charge in [0, 0.05) is 39.3 Å². The minimum Gasteiger partial charge on any atom is -0.416 e. The molecule has 0 aromatic rings. The van der Waals surface area contributed by atoms with Crippen LogP contribution in [-0.4, -0.2) is 31.1 Å². The SMILES string of the molecule is CC[B]C1OC(CO)[CH-]C1C.[Y]. The molecule has 2 nitrogen and oxygen atoms in total. The number of hydrogen-bond donors (Lipinski definition) is 1. The largest absolute Gasteiger partial charge is 0.416 e. The standard InChI is InChI=1S/C8H15BO2.Y/c1-3-9-8-6(2)4-7(5-10)11-8;/h4,6-8,10H,3,5H2,1-2H3;/q-1;. The van der Waals surface area contributed by atoms with Crippen molar-refractivity contribution in [2.45, 2.75) is 32.3 Å². The van der Waals surface area contributed by atoms with Crippen LogP contribution in [0.2, 0.25) is 6.32 Å². The van der Waals surface area contributed by atoms with Crippen LogP contribution in [0.1, 0.15) is 13.8 Å². The fourth-order valence-corrected chi connectivity index (χ4v) is 1.43. The Balaban J connectivity index is 0.00000121. The van der Waals surface area contributed by atoms with Gasteiger partial charge in [0.05, 0.1) is 0 Å². The second kappa shape index (κ2) is 6.53. The Bertz CT molecular complexity index is 124. The van der Waals surface area contributed by atoms with Gasteiger partial charge >= 0.3 is 0 Å². The number of aliphatic hydroxyl groups excluding tert-OH is 1. The first-order chi connectivity index (χ1) is 5.27. The van der Waals surface area contributed by atoms with Gasteiger partial charge in [-0.15, -0.1) is 5.92 Å². The van der Waals surface area contributed by atoms with Gasteiger partial charge in [-0.2, -0.15) is 0 Å². The summed E-state index contributed by atoms with van der Waals surface area (Å²) in [5, 5.41) is 8.80. The molecule has 0 saturated carbocycles. The fraction of sp³-hybridized carbons (Fsp3) is 0.875. The second-order valence-corrected chi connectivity index (χ2v) is 3.02. The van der Waals surface area contributed by atoms with E-state index in [1.54, 1.807) is 0 Å². The third-order valence-electron chi connectivity index (χ3n) is 2.02. The molecule has 1 heterocycles. The summed E-state index contributed by atoms with van der Waals surface area (Å²) in [7, 11) is 2.15. The molecule has 0 aromatic carbocycles. The molecule has 4 heteroatoms. The fourth-order valence-electron chi connectivity index (χ4n) is 1.43. The van der Waals surface area contributed by atoms with Crippen LogP contribution in [0.3, 0.4) is 0 Å². The zero-order chi connectivity index (χ0) is 8.27. The van der Waals surface area contributed by atoms with Gasteiger partial charge in [-0.05, 0) is 12.1 Å². The molecule has 66 valence electrons. The molecule has 1 saturated heterocycles. The number of rotatable bonds is 3. The monoisotopic (exact) mass is 243 g/mol. The van der Waals surface area contributed by atoms with Gasteiger partial charge in [0.2, 0.25) is 0 Å². The van der Waals surface area contributed by atoms with Crippen LogP contribution in [0.15, 0.2) is 0 Å². The van der Waals surface area contributed by atoms with Crippen molar-refractivity contribution in [2.75, 3.05) is 6.61 Å². The summed E-state index contributed by atoms with van der Waals surface area (Å²) in [5.41, 5.74) is 0. The molecule has 1 rings (SSSR count). The third-order valence-corrected chi connectivity index (χ3v) is 2.02. The minimum atomic E-state index is -0.0437. The van der Waals surface area contributed by atoms with Crippen LogP contribution in [0.5, 0.6) is 0 Å². The van der Waals surface area contributed by atoms with E-state index in [-0.39, 0.29) is 51.4 Å². The topological polar surface area (TPSA) is 29.5 Å². The number of aliphatic hydroxyl groups is 1. The summed E-state index contributed by atoms with van der Waals surface area (Å²) in [5.74, 6) is 0.451. The average molecular weight is 243 g/mol. The molecule has 2 radical (unpaired) electrons. The molecule has 1 N–H and O–H groups in total. The zero-order valence-electron chi connectivity index (χ0n) is 7.73. The van der Waals surface area contributed by atoms with Crippen LogP contribution < -0.4 is 0 Å². The van der Waals surface area contributed by atoms with Gasteiger partial charge in [-0.25, -0.2) is 0 Å². The van der Waals surface area contributed by atoms with Gasteiger partial charge in [0.1, 0.15) is 7.28 Å². The first-order valence-electron chi connectivity index (χ1n) is 4.22. The van der Waals surface area contributed by atoms with Gasteiger partial charge < -0.3 is 9.84 Å². The molecular formula is C8H15BO2Y-. The quantitative estimate of drug-likeness (QED) is 0.583. The van der Waals surface area contributed by atoms with Crippen LogP contribution >= 0.6 is 0 Å². The third kappa shape index (κ3) is 3.45. The van der Waals surface area contributed by atoms with E-state index in [2.05, 4.69) is 27.5 Å². The summed E-state index contributed by atoms with van der Waals surface area (Å²) in [6, 6.07) is 0.220. The van der Waals surface area contributed by atoms with E-state index in [0.29, 0.717) is 5.92 Å². The summed E-state index contributed by atoms with van der Waals surface area (Å²) in [6.45, 7) is 4.33. The molecule has 0 amide bonds. The van der Waals surface area contributed by atoms with Crippen LogP contribution in [-0.2, 0) is 37.4 Å². The van der Waals surface area contributed by atoms with Crippen molar-refractivity contribution in [3.63, 3.8) is 0 Å². The van der Waals surface area contributed by atoms with E-state index in [1.165, 1.54) is 0 Å². The summed E-state index contributed by atoms with van der Waals surface area (Å²) in [6.07, 6.45) is 3.05. The van der Waals surface area contributed by atoms with Crippen molar-refractivity contribution in [1.29, 1.82) is 0 Å². The Morgan fingerprint density at radius 2 is 2.25 bits per heavy atom. The summed E-state index contributed by atoms with van der Waals surface area (Å²) >= 11 is 0. The Morgan fingerprint density at radius 3 is 2.67 bits per heavy atom. The maximum atomic E-state index is 8.80.